The highest BCUT2D eigenvalue weighted by molar-refractivity contribution is 5.96. The summed E-state index contributed by atoms with van der Waals surface area (Å²) in [5.41, 5.74) is 15.6. The number of carbonyl (C=O) groups is 3. The number of aryl methyl sites for hydroxylation is 1. The van der Waals surface area contributed by atoms with E-state index >= 15 is 0 Å². The summed E-state index contributed by atoms with van der Waals surface area (Å²) in [6, 6.07) is 15.7. The number of aliphatic hydroxyl groups excluding tert-OH is 4. The smallest absolute Gasteiger partial charge is 0.300 e. The fraction of sp³-hybridized carbons (Fsp3) is 0.525. The van der Waals surface area contributed by atoms with Crippen LogP contribution in [0.3, 0.4) is 0 Å². The fourth-order valence-electron chi connectivity index (χ4n) is 5.48. The van der Waals surface area contributed by atoms with Crippen molar-refractivity contribution >= 4 is 29.8 Å². The van der Waals surface area contributed by atoms with E-state index in [-0.39, 0.29) is 29.2 Å². The number of nitrogens with zero attached hydrogens (tertiary/aromatic N) is 3. The van der Waals surface area contributed by atoms with Crippen LogP contribution in [0.2, 0.25) is 0 Å². The lowest BCUT2D eigenvalue weighted by Gasteiger charge is -2.28. The Morgan fingerprint density at radius 2 is 1.64 bits per heavy atom. The number of aliphatic hydroxyl groups is 4. The van der Waals surface area contributed by atoms with Crippen LogP contribution in [0.5, 0.6) is 0 Å². The number of carboxylic acids is 1. The molecule has 0 saturated heterocycles. The topological polar surface area (TPSA) is 270 Å². The van der Waals surface area contributed by atoms with Crippen molar-refractivity contribution in [1.82, 2.24) is 30.8 Å². The number of carboxylic acid groups (broad SMARTS) is 1. The highest BCUT2D eigenvalue weighted by Gasteiger charge is 2.25. The number of nitrogens with one attached hydrogen (secondary N) is 3. The van der Waals surface area contributed by atoms with E-state index in [0.717, 1.165) is 57.7 Å². The lowest BCUT2D eigenvalue weighted by atomic mass is 9.95. The van der Waals surface area contributed by atoms with E-state index in [1.807, 2.05) is 31.3 Å². The molecule has 1 amide bonds. The third kappa shape index (κ3) is 20.9. The fourth-order valence-corrected chi connectivity index (χ4v) is 5.48. The Balaban J connectivity index is 0.000000561. The number of likely N-dealkylation sites (N-methyl/N-ethyl adjacent to an activating group) is 1. The van der Waals surface area contributed by atoms with Crippen LogP contribution in [-0.2, 0) is 17.8 Å². The minimum Gasteiger partial charge on any atom is -0.481 e. The lowest BCUT2D eigenvalue weighted by Crippen LogP contribution is -2.47. The number of nitrogen functional groups attached to an aromatic ring is 2. The molecule has 0 aliphatic heterocycles. The van der Waals surface area contributed by atoms with E-state index in [2.05, 4.69) is 56.8 Å². The molecule has 0 radical (unpaired) electrons. The van der Waals surface area contributed by atoms with Gasteiger partial charge < -0.3 is 53.0 Å². The second-order valence-corrected chi connectivity index (χ2v) is 13.5. The van der Waals surface area contributed by atoms with Crippen molar-refractivity contribution in [2.75, 3.05) is 64.4 Å². The van der Waals surface area contributed by atoms with Gasteiger partial charge in [-0.15, -0.1) is 0 Å². The van der Waals surface area contributed by atoms with Gasteiger partial charge in [-0.1, -0.05) is 74.7 Å². The highest BCUT2D eigenvalue weighted by Crippen LogP contribution is 2.14. The Morgan fingerprint density at radius 1 is 0.964 bits per heavy atom. The van der Waals surface area contributed by atoms with Gasteiger partial charge >= 0.3 is 0 Å². The molecule has 12 N–H and O–H groups in total. The molecular weight excluding hydrogens is 720 g/mol. The van der Waals surface area contributed by atoms with Gasteiger partial charge in [0.05, 0.1) is 18.9 Å². The number of rotatable bonds is 23. The van der Waals surface area contributed by atoms with Crippen molar-refractivity contribution in [3.05, 3.63) is 82.7 Å². The summed E-state index contributed by atoms with van der Waals surface area (Å²) in [6.45, 7) is 9.31. The molecular formula is C40H64N8O8. The van der Waals surface area contributed by atoms with Crippen LogP contribution in [0.15, 0.2) is 54.7 Å². The quantitative estimate of drug-likeness (QED) is 0.0481. The van der Waals surface area contributed by atoms with Crippen molar-refractivity contribution in [1.29, 1.82) is 0 Å². The average molecular weight is 785 g/mol. The van der Waals surface area contributed by atoms with Gasteiger partial charge in [0.25, 0.3) is 11.9 Å². The van der Waals surface area contributed by atoms with Crippen molar-refractivity contribution in [2.45, 2.75) is 77.7 Å². The summed E-state index contributed by atoms with van der Waals surface area (Å²) in [4.78, 5) is 42.4. The zero-order valence-electron chi connectivity index (χ0n) is 33.2. The summed E-state index contributed by atoms with van der Waals surface area (Å²) in [7, 11) is 1.87. The first-order valence-corrected chi connectivity index (χ1v) is 18.9. The molecule has 16 nitrogen and oxygen atoms in total. The predicted octanol–water partition coefficient (Wildman–Crippen LogP) is 1.39. The molecule has 0 saturated carbocycles. The number of hydrogen-bond acceptors (Lipinski definition) is 14. The van der Waals surface area contributed by atoms with Crippen molar-refractivity contribution in [3.63, 3.8) is 0 Å². The molecule has 0 fully saturated rings. The summed E-state index contributed by atoms with van der Waals surface area (Å²) < 4.78 is 0. The van der Waals surface area contributed by atoms with Crippen LogP contribution in [0.25, 0.3) is 0 Å². The van der Waals surface area contributed by atoms with Crippen molar-refractivity contribution < 1.29 is 39.9 Å². The highest BCUT2D eigenvalue weighted by atomic mass is 16.4. The molecule has 4 atom stereocenters. The van der Waals surface area contributed by atoms with Gasteiger partial charge in [0.1, 0.15) is 24.3 Å². The first kappa shape index (κ1) is 49.5. The van der Waals surface area contributed by atoms with Gasteiger partial charge in [0.2, 0.25) is 0 Å². The normalized spacial score (nSPS) is 12.9. The number of hydrogen-bond donors (Lipinski definition) is 10. The largest absolute Gasteiger partial charge is 0.481 e. The molecule has 0 bridgehead atoms. The molecule has 56 heavy (non-hydrogen) atoms. The number of nitrogens with two attached hydrogens (primary N) is 2. The van der Waals surface area contributed by atoms with E-state index in [4.69, 9.17) is 26.5 Å². The molecule has 3 aromatic rings. The Hall–Kier alpha value is -4.55. The third-order valence-corrected chi connectivity index (χ3v) is 8.66. The molecule has 1 aromatic heterocycles. The zero-order chi connectivity index (χ0) is 41.9. The molecule has 3 rings (SSSR count). The minimum absolute atomic E-state index is 0.00912. The second kappa shape index (κ2) is 28.8. The monoisotopic (exact) mass is 784 g/mol. The summed E-state index contributed by atoms with van der Waals surface area (Å²) in [5, 5.41) is 54.6. The molecule has 0 spiro atoms. The van der Waals surface area contributed by atoms with Gasteiger partial charge in [0, 0.05) is 51.8 Å². The molecule has 4 unspecified atom stereocenters. The summed E-state index contributed by atoms with van der Waals surface area (Å²) in [6.07, 6.45) is 3.88. The van der Waals surface area contributed by atoms with Gasteiger partial charge in [0.15, 0.2) is 11.5 Å². The predicted molar refractivity (Wildman–Crippen MR) is 218 cm³/mol. The second-order valence-electron chi connectivity index (χ2n) is 13.5. The van der Waals surface area contributed by atoms with Crippen molar-refractivity contribution in [2.24, 2.45) is 5.92 Å². The first-order chi connectivity index (χ1) is 26.8. The molecule has 1 heterocycles. The summed E-state index contributed by atoms with van der Waals surface area (Å²) >= 11 is 0. The van der Waals surface area contributed by atoms with Crippen LogP contribution in [0, 0.1) is 12.8 Å². The average Bonchev–Trinajstić information content (AvgIpc) is 3.17. The SMILES string of the molecule is CC(=O)O.CCCCCCN(CCNC)CC(O)C(O)C(O)CO.Cc1ccccc1CC(CNCc1ccc(C=O)cc1)CNC(=O)c1ncc(N)nc1N. The number of amides is 1. The lowest BCUT2D eigenvalue weighted by molar-refractivity contribution is -0.134. The summed E-state index contributed by atoms with van der Waals surface area (Å²) in [5.74, 6) is -0.900. The number of aromatic nitrogens is 2. The maximum Gasteiger partial charge on any atom is 0.300 e. The molecule has 0 aliphatic rings. The van der Waals surface area contributed by atoms with Crippen molar-refractivity contribution in [3.8, 4) is 0 Å². The van der Waals surface area contributed by atoms with E-state index in [0.29, 0.717) is 31.7 Å². The van der Waals surface area contributed by atoms with Gasteiger partial charge in [-0.25, -0.2) is 9.97 Å². The van der Waals surface area contributed by atoms with E-state index in [9.17, 15) is 24.9 Å². The molecule has 16 heteroatoms. The van der Waals surface area contributed by atoms with Gasteiger partial charge in [-0.05, 0) is 56.0 Å². The van der Waals surface area contributed by atoms with Gasteiger partial charge in [-0.2, -0.15) is 0 Å². The number of aliphatic carboxylic acids is 1. The third-order valence-electron chi connectivity index (χ3n) is 8.66. The Bertz CT molecular complexity index is 1550. The van der Waals surface area contributed by atoms with Crippen LogP contribution >= 0.6 is 0 Å². The zero-order valence-corrected chi connectivity index (χ0v) is 33.2. The number of benzene rings is 2. The Kier molecular flexibility index (Phi) is 25.4. The van der Waals surface area contributed by atoms with Crippen LogP contribution in [0.4, 0.5) is 11.6 Å². The Morgan fingerprint density at radius 3 is 2.23 bits per heavy atom. The number of unbranched alkanes of at least 4 members (excludes halogenated alkanes) is 3. The number of carbonyl (C=O) groups excluding carboxylic acids is 2. The van der Waals surface area contributed by atoms with Crippen LogP contribution < -0.4 is 27.4 Å². The van der Waals surface area contributed by atoms with E-state index < -0.39 is 30.9 Å². The number of anilines is 2. The molecule has 2 aromatic carbocycles. The minimum atomic E-state index is -1.31. The maximum atomic E-state index is 12.6. The number of aldehydes is 1. The maximum absolute atomic E-state index is 12.6. The van der Waals surface area contributed by atoms with E-state index in [1.54, 1.807) is 12.1 Å². The Labute approximate surface area is 330 Å². The van der Waals surface area contributed by atoms with Gasteiger partial charge in [-0.3, -0.25) is 19.3 Å². The van der Waals surface area contributed by atoms with Crippen LogP contribution in [0.1, 0.15) is 77.1 Å². The van der Waals surface area contributed by atoms with E-state index in [1.165, 1.54) is 30.2 Å². The molecule has 0 aliphatic carbocycles. The van der Waals surface area contributed by atoms with Crippen LogP contribution in [-0.4, -0.2) is 130 Å². The molecule has 312 valence electrons. The first-order valence-electron chi connectivity index (χ1n) is 18.9. The standard InChI is InChI=1S/C24H28N6O2.C14H32N2O4.C2H4O2/c1-16-4-2-3-5-20(16)10-19(12-27-11-17-6-8-18(15-31)9-7-17)13-29-24(32)22-23(26)30-21(25)14-28-22;1-3-4-5-6-8-16(9-7-15-2)10-12(18)14(20)13(19)11-17;1-2(3)4/h2-9,14-15,19,27H,10-13H2,1H3,(H,29,32)(H4,25,26,30);12-15,17-20H,3-11H2,1-2H3;1H3,(H,3,4).